The van der Waals surface area contributed by atoms with Gasteiger partial charge in [0, 0.05) is 17.1 Å². The van der Waals surface area contributed by atoms with Crippen molar-refractivity contribution in [1.82, 2.24) is 5.32 Å². The molecule has 5 nitrogen and oxygen atoms in total. The van der Waals surface area contributed by atoms with Gasteiger partial charge in [-0.25, -0.2) is 0 Å². The molecule has 1 heterocycles. The van der Waals surface area contributed by atoms with Crippen LogP contribution in [0.25, 0.3) is 0 Å². The Morgan fingerprint density at radius 1 is 1.03 bits per heavy atom. The summed E-state index contributed by atoms with van der Waals surface area (Å²) in [6, 6.07) is 13.6. The summed E-state index contributed by atoms with van der Waals surface area (Å²) in [6.45, 7) is 2.45. The zero-order valence-electron chi connectivity index (χ0n) is 18.2. The van der Waals surface area contributed by atoms with E-state index in [9.17, 15) is 18.0 Å². The molecule has 2 aromatic carbocycles. The second-order valence-electron chi connectivity index (χ2n) is 8.96. The van der Waals surface area contributed by atoms with Crippen LogP contribution in [0.2, 0.25) is 0 Å². The molecule has 0 radical (unpaired) electrons. The maximum atomic E-state index is 12.5. The van der Waals surface area contributed by atoms with E-state index in [-0.39, 0.29) is 17.1 Å². The largest absolute Gasteiger partial charge is 0.573 e. The smallest absolute Gasteiger partial charge is 0.406 e. The number of hydrogen-bond donors (Lipinski definition) is 3. The highest BCUT2D eigenvalue weighted by Gasteiger charge is 2.52. The van der Waals surface area contributed by atoms with Crippen molar-refractivity contribution in [3.05, 3.63) is 54.1 Å². The topological polar surface area (TPSA) is 76.4 Å². The van der Waals surface area contributed by atoms with E-state index in [0.29, 0.717) is 6.54 Å². The summed E-state index contributed by atoms with van der Waals surface area (Å²) in [5.74, 6) is -0.475. The van der Waals surface area contributed by atoms with Gasteiger partial charge < -0.3 is 21.1 Å². The number of anilines is 1. The Kier molecular flexibility index (Phi) is 6.81. The molecule has 178 valence electrons. The maximum Gasteiger partial charge on any atom is 0.573 e. The summed E-state index contributed by atoms with van der Waals surface area (Å²) < 4.78 is 40.1. The Hall–Kier alpha value is -2.39. The van der Waals surface area contributed by atoms with Gasteiger partial charge in [-0.15, -0.1) is 24.9 Å². The lowest BCUT2D eigenvalue weighted by atomic mass is 9.77. The van der Waals surface area contributed by atoms with Gasteiger partial charge in [0.1, 0.15) is 5.75 Å². The number of primary amides is 1. The van der Waals surface area contributed by atoms with Crippen LogP contribution >= 0.6 is 11.8 Å². The molecule has 9 heteroatoms. The van der Waals surface area contributed by atoms with E-state index >= 15 is 0 Å². The molecule has 1 atom stereocenters. The Bertz CT molecular complexity index is 960. The van der Waals surface area contributed by atoms with Crippen LogP contribution in [-0.2, 0) is 11.3 Å². The van der Waals surface area contributed by atoms with Gasteiger partial charge in [0.05, 0.1) is 4.75 Å². The lowest BCUT2D eigenvalue weighted by Gasteiger charge is -2.35. The maximum absolute atomic E-state index is 12.5. The monoisotopic (exact) mass is 479 g/mol. The summed E-state index contributed by atoms with van der Waals surface area (Å²) in [6.07, 6.45) is 0.163. The fraction of sp³-hybridized carbons (Fsp3) is 0.458. The van der Waals surface area contributed by atoms with Crippen molar-refractivity contribution in [1.29, 1.82) is 0 Å². The molecule has 1 aliphatic heterocycles. The number of halogens is 3. The average molecular weight is 480 g/mol. The third-order valence-electron chi connectivity index (χ3n) is 6.65. The average Bonchev–Trinajstić information content (AvgIpc) is 3.12. The summed E-state index contributed by atoms with van der Waals surface area (Å²) in [4.78, 5) is 13.5. The predicted octanol–water partition coefficient (Wildman–Crippen LogP) is 5.07. The summed E-state index contributed by atoms with van der Waals surface area (Å²) in [5.41, 5.74) is 7.82. The minimum atomic E-state index is -4.70. The molecule has 1 saturated heterocycles. The molecule has 2 aromatic rings. The molecule has 2 fully saturated rings. The summed E-state index contributed by atoms with van der Waals surface area (Å²) in [7, 11) is 0. The van der Waals surface area contributed by atoms with E-state index in [2.05, 4.69) is 15.4 Å². The van der Waals surface area contributed by atoms with Crippen molar-refractivity contribution in [3.8, 4) is 5.75 Å². The first kappa shape index (κ1) is 23.8. The standard InChI is InChI=1S/C24H28F3N3O2S/c25-24(26,27)32-19-5-1-17(2-6-19)15-30-18-3-7-20(8-4-18)33-23(21(28)31)10-9-22(16-23)11-13-29-14-12-22/h1-8,29-30H,9-16H2,(H2,28,31). The van der Waals surface area contributed by atoms with Gasteiger partial charge in [-0.3, -0.25) is 4.79 Å². The van der Waals surface area contributed by atoms with Crippen LogP contribution in [0.4, 0.5) is 18.9 Å². The number of thioether (sulfide) groups is 1. The molecule has 1 aliphatic carbocycles. The second kappa shape index (κ2) is 9.46. The first-order chi connectivity index (χ1) is 15.7. The molecule has 1 unspecified atom stereocenters. The number of piperidine rings is 1. The number of nitrogens with one attached hydrogen (secondary N) is 2. The van der Waals surface area contributed by atoms with Crippen LogP contribution in [0.3, 0.4) is 0 Å². The van der Waals surface area contributed by atoms with E-state index in [1.807, 2.05) is 24.3 Å². The first-order valence-corrected chi connectivity index (χ1v) is 11.9. The molecule has 33 heavy (non-hydrogen) atoms. The first-order valence-electron chi connectivity index (χ1n) is 11.1. The second-order valence-corrected chi connectivity index (χ2v) is 10.4. The molecular formula is C24H28F3N3O2S. The third-order valence-corrected chi connectivity index (χ3v) is 8.10. The molecule has 0 aromatic heterocycles. The van der Waals surface area contributed by atoms with Crippen molar-refractivity contribution >= 4 is 23.4 Å². The van der Waals surface area contributed by atoms with Crippen LogP contribution in [0.15, 0.2) is 53.4 Å². The Balaban J connectivity index is 1.34. The number of alkyl halides is 3. The number of nitrogens with two attached hydrogens (primary N) is 1. The highest BCUT2D eigenvalue weighted by atomic mass is 32.2. The summed E-state index contributed by atoms with van der Waals surface area (Å²) in [5, 5.41) is 6.66. The lowest BCUT2D eigenvalue weighted by Crippen LogP contribution is -2.42. The van der Waals surface area contributed by atoms with Crippen molar-refractivity contribution in [2.45, 2.75) is 54.7 Å². The minimum absolute atomic E-state index is 0.218. The lowest BCUT2D eigenvalue weighted by molar-refractivity contribution is -0.274. The van der Waals surface area contributed by atoms with Crippen LogP contribution in [0.5, 0.6) is 5.75 Å². The van der Waals surface area contributed by atoms with E-state index < -0.39 is 11.1 Å². The van der Waals surface area contributed by atoms with Crippen LogP contribution < -0.4 is 21.1 Å². The number of benzene rings is 2. The number of rotatable bonds is 7. The number of carbonyl (C=O) groups is 1. The molecule has 1 saturated carbocycles. The van der Waals surface area contributed by atoms with Gasteiger partial charge in [0.2, 0.25) is 5.91 Å². The normalized spacial score (nSPS) is 22.3. The van der Waals surface area contributed by atoms with Crippen LogP contribution in [-0.4, -0.2) is 30.1 Å². The van der Waals surface area contributed by atoms with Gasteiger partial charge in [0.25, 0.3) is 0 Å². The van der Waals surface area contributed by atoms with Gasteiger partial charge in [0.15, 0.2) is 0 Å². The molecule has 4 rings (SSSR count). The van der Waals surface area contributed by atoms with Gasteiger partial charge >= 0.3 is 6.36 Å². The van der Waals surface area contributed by atoms with Gasteiger partial charge in [-0.05, 0) is 92.6 Å². The fourth-order valence-corrected chi connectivity index (χ4v) is 6.27. The number of hydrogen-bond acceptors (Lipinski definition) is 5. The number of carbonyl (C=O) groups excluding carboxylic acids is 1. The Labute approximate surface area is 195 Å². The highest BCUT2D eigenvalue weighted by molar-refractivity contribution is 8.01. The predicted molar refractivity (Wildman–Crippen MR) is 123 cm³/mol. The molecule has 1 amide bonds. The van der Waals surface area contributed by atoms with Crippen LogP contribution in [0.1, 0.15) is 37.7 Å². The van der Waals surface area contributed by atoms with Crippen molar-refractivity contribution in [2.24, 2.45) is 11.1 Å². The molecule has 0 bridgehead atoms. The molecule has 4 N–H and O–H groups in total. The van der Waals surface area contributed by atoms with E-state index in [0.717, 1.165) is 61.3 Å². The quantitative estimate of drug-likeness (QED) is 0.517. The third kappa shape index (κ3) is 5.95. The molecule has 2 aliphatic rings. The number of amides is 1. The zero-order valence-corrected chi connectivity index (χ0v) is 19.0. The SMILES string of the molecule is NC(=O)C1(Sc2ccc(NCc3ccc(OC(F)(F)F)cc3)cc2)CCC2(CCNCC2)C1. The fourth-order valence-electron chi connectivity index (χ4n) is 4.86. The van der Waals surface area contributed by atoms with Gasteiger partial charge in [-0.1, -0.05) is 12.1 Å². The van der Waals surface area contributed by atoms with Crippen molar-refractivity contribution < 1.29 is 22.7 Å². The van der Waals surface area contributed by atoms with E-state index in [1.54, 1.807) is 23.9 Å². The minimum Gasteiger partial charge on any atom is -0.406 e. The Morgan fingerprint density at radius 2 is 1.70 bits per heavy atom. The van der Waals surface area contributed by atoms with E-state index in [1.165, 1.54) is 12.1 Å². The van der Waals surface area contributed by atoms with Crippen molar-refractivity contribution in [3.63, 3.8) is 0 Å². The van der Waals surface area contributed by atoms with Crippen LogP contribution in [0, 0.1) is 5.41 Å². The Morgan fingerprint density at radius 3 is 2.30 bits per heavy atom. The molecular weight excluding hydrogens is 451 g/mol. The highest BCUT2D eigenvalue weighted by Crippen LogP contribution is 2.56. The van der Waals surface area contributed by atoms with E-state index in [4.69, 9.17) is 5.73 Å². The zero-order chi connectivity index (χ0) is 23.5. The molecule has 1 spiro atoms. The van der Waals surface area contributed by atoms with Gasteiger partial charge in [-0.2, -0.15) is 0 Å². The number of ether oxygens (including phenoxy) is 1. The summed E-state index contributed by atoms with van der Waals surface area (Å²) >= 11 is 1.58. The van der Waals surface area contributed by atoms with Crippen molar-refractivity contribution in [2.75, 3.05) is 18.4 Å².